The largest absolute Gasteiger partial charge is 0.416 e. The SMILES string of the molecule is Cc1cc2c(cnn2-c2ccc(F)cc2)cc1[C@@]12CN(S(=O)(=O)c3cnn(C)n3)C[C@@H]1[C@@H]2C1(C)C=CC(C(F)(F)F)=CC1. The molecule has 224 valence electrons. The van der Waals surface area contributed by atoms with Gasteiger partial charge in [-0.05, 0) is 78.1 Å². The Kier molecular flexibility index (Phi) is 5.91. The van der Waals surface area contributed by atoms with Crippen molar-refractivity contribution in [3.8, 4) is 5.69 Å². The van der Waals surface area contributed by atoms with E-state index in [1.807, 2.05) is 26.0 Å². The van der Waals surface area contributed by atoms with E-state index in [0.29, 0.717) is 5.69 Å². The summed E-state index contributed by atoms with van der Waals surface area (Å²) in [6.07, 6.45) is 2.77. The van der Waals surface area contributed by atoms with E-state index >= 15 is 0 Å². The van der Waals surface area contributed by atoms with Gasteiger partial charge in [-0.1, -0.05) is 25.2 Å². The van der Waals surface area contributed by atoms with Crippen LogP contribution in [0.15, 0.2) is 77.6 Å². The van der Waals surface area contributed by atoms with Crippen LogP contribution in [0.1, 0.15) is 24.5 Å². The molecule has 1 saturated heterocycles. The highest BCUT2D eigenvalue weighted by atomic mass is 32.2. The summed E-state index contributed by atoms with van der Waals surface area (Å²) in [5.74, 6) is -0.579. The van der Waals surface area contributed by atoms with Gasteiger partial charge in [-0.15, -0.1) is 5.10 Å². The Morgan fingerprint density at radius 2 is 1.81 bits per heavy atom. The average Bonchev–Trinajstić information content (AvgIpc) is 3.35. The van der Waals surface area contributed by atoms with Crippen molar-refractivity contribution in [1.82, 2.24) is 29.1 Å². The van der Waals surface area contributed by atoms with Crippen LogP contribution in [0.4, 0.5) is 17.6 Å². The lowest BCUT2D eigenvalue weighted by molar-refractivity contribution is -0.0889. The summed E-state index contributed by atoms with van der Waals surface area (Å²) in [6, 6.07) is 10.0. The summed E-state index contributed by atoms with van der Waals surface area (Å²) in [5, 5.41) is 13.2. The Bertz CT molecular complexity index is 1940. The predicted molar refractivity (Wildman–Crippen MR) is 150 cm³/mol. The van der Waals surface area contributed by atoms with Gasteiger partial charge in [0.15, 0.2) is 0 Å². The lowest BCUT2D eigenvalue weighted by Crippen LogP contribution is -2.38. The lowest BCUT2D eigenvalue weighted by Gasteiger charge is -2.35. The molecule has 3 heterocycles. The fourth-order valence-electron chi connectivity index (χ4n) is 7.49. The van der Waals surface area contributed by atoms with E-state index in [1.54, 1.807) is 36.1 Å². The number of sulfonamides is 1. The van der Waals surface area contributed by atoms with E-state index in [-0.39, 0.29) is 42.2 Å². The number of hydrogen-bond acceptors (Lipinski definition) is 5. The topological polar surface area (TPSA) is 85.9 Å². The summed E-state index contributed by atoms with van der Waals surface area (Å²) in [5.41, 5.74) is 1.46. The normalized spacial score (nSPS) is 27.5. The van der Waals surface area contributed by atoms with Gasteiger partial charge >= 0.3 is 6.18 Å². The van der Waals surface area contributed by atoms with Crippen LogP contribution in [-0.4, -0.2) is 56.8 Å². The highest BCUT2D eigenvalue weighted by Crippen LogP contribution is 2.72. The number of benzene rings is 2. The molecule has 43 heavy (non-hydrogen) atoms. The van der Waals surface area contributed by atoms with Crippen molar-refractivity contribution in [2.45, 2.75) is 36.9 Å². The first-order valence-electron chi connectivity index (χ1n) is 13.8. The van der Waals surface area contributed by atoms with Gasteiger partial charge in [-0.3, -0.25) is 0 Å². The first-order valence-corrected chi connectivity index (χ1v) is 15.3. The number of rotatable bonds is 5. The van der Waals surface area contributed by atoms with Gasteiger partial charge in [0.05, 0.1) is 29.2 Å². The molecule has 8 nitrogen and oxygen atoms in total. The molecule has 0 bridgehead atoms. The molecule has 0 N–H and O–H groups in total. The average molecular weight is 613 g/mol. The number of alkyl halides is 3. The Labute approximate surface area is 245 Å². The summed E-state index contributed by atoms with van der Waals surface area (Å²) in [6.45, 7) is 4.30. The zero-order valence-electron chi connectivity index (χ0n) is 23.5. The number of hydrogen-bond donors (Lipinski definition) is 0. The van der Waals surface area contributed by atoms with E-state index < -0.39 is 32.6 Å². The third-order valence-corrected chi connectivity index (χ3v) is 11.1. The molecule has 13 heteroatoms. The minimum Gasteiger partial charge on any atom is -0.233 e. The van der Waals surface area contributed by atoms with E-state index in [1.165, 1.54) is 33.5 Å². The maximum atomic E-state index is 13.6. The second-order valence-electron chi connectivity index (χ2n) is 12.1. The van der Waals surface area contributed by atoms with Crippen molar-refractivity contribution in [2.24, 2.45) is 24.3 Å². The van der Waals surface area contributed by atoms with Crippen molar-refractivity contribution >= 4 is 20.9 Å². The minimum absolute atomic E-state index is 0.0983. The molecule has 2 aromatic carbocycles. The van der Waals surface area contributed by atoms with Crippen LogP contribution in [0.2, 0.25) is 0 Å². The molecule has 0 spiro atoms. The van der Waals surface area contributed by atoms with Crippen LogP contribution >= 0.6 is 0 Å². The number of aryl methyl sites for hydroxylation is 2. The molecule has 2 fully saturated rings. The van der Waals surface area contributed by atoms with Crippen LogP contribution in [0.25, 0.3) is 16.6 Å². The van der Waals surface area contributed by atoms with Gasteiger partial charge < -0.3 is 0 Å². The molecule has 1 aliphatic heterocycles. The van der Waals surface area contributed by atoms with Gasteiger partial charge in [0.25, 0.3) is 10.0 Å². The smallest absolute Gasteiger partial charge is 0.233 e. The molecule has 0 amide bonds. The molecule has 2 aliphatic carbocycles. The Balaban J connectivity index is 1.31. The molecule has 4 aromatic rings. The van der Waals surface area contributed by atoms with Crippen molar-refractivity contribution in [3.63, 3.8) is 0 Å². The fraction of sp³-hybridized carbons (Fsp3) is 0.367. The Morgan fingerprint density at radius 1 is 1.07 bits per heavy atom. The summed E-state index contributed by atoms with van der Waals surface area (Å²) < 4.78 is 84.2. The summed E-state index contributed by atoms with van der Waals surface area (Å²) in [4.78, 5) is 1.19. The van der Waals surface area contributed by atoms with E-state index in [9.17, 15) is 26.0 Å². The minimum atomic E-state index is -4.43. The van der Waals surface area contributed by atoms with E-state index in [4.69, 9.17) is 0 Å². The summed E-state index contributed by atoms with van der Waals surface area (Å²) in [7, 11) is -2.40. The number of halogens is 4. The van der Waals surface area contributed by atoms with Gasteiger partial charge in [0.1, 0.15) is 5.82 Å². The van der Waals surface area contributed by atoms with Crippen LogP contribution < -0.4 is 0 Å². The lowest BCUT2D eigenvalue weighted by atomic mass is 9.72. The number of fused-ring (bicyclic) bond motifs is 2. The number of nitrogens with zero attached hydrogens (tertiary/aromatic N) is 6. The molecule has 0 radical (unpaired) electrons. The molecule has 1 unspecified atom stereocenters. The Morgan fingerprint density at radius 3 is 2.44 bits per heavy atom. The Hall–Kier alpha value is -3.84. The first-order chi connectivity index (χ1) is 20.2. The molecule has 3 aliphatic rings. The third-order valence-electron chi connectivity index (χ3n) is 9.46. The molecular weight excluding hydrogens is 584 g/mol. The van der Waals surface area contributed by atoms with E-state index in [0.717, 1.165) is 28.1 Å². The van der Waals surface area contributed by atoms with Crippen LogP contribution in [0.5, 0.6) is 0 Å². The molecule has 2 aromatic heterocycles. The maximum Gasteiger partial charge on any atom is 0.416 e. The number of aromatic nitrogens is 5. The van der Waals surface area contributed by atoms with Crippen LogP contribution in [-0.2, 0) is 22.5 Å². The zero-order valence-corrected chi connectivity index (χ0v) is 24.4. The van der Waals surface area contributed by atoms with Gasteiger partial charge in [-0.25, -0.2) is 17.5 Å². The number of allylic oxidation sites excluding steroid dienone is 4. The second-order valence-corrected chi connectivity index (χ2v) is 13.9. The standard InChI is InChI=1S/C30H28F4N6O2S/c1-18-12-25-19(14-36-40(25)22-6-4-21(31)5-7-22)13-23(18)29-17-39(43(41,42)26-15-35-38(3)37-26)16-24(29)27(29)28(2)10-8-20(9-11-28)30(32,33)34/h4-10,12-15,24,27H,11,16-17H2,1-3H3/t24-,27-,28?,29+/m1/s1. The second kappa shape index (κ2) is 9.08. The molecule has 4 atom stereocenters. The van der Waals surface area contributed by atoms with Crippen molar-refractivity contribution < 1.29 is 26.0 Å². The molecule has 1 saturated carbocycles. The summed E-state index contributed by atoms with van der Waals surface area (Å²) >= 11 is 0. The first kappa shape index (κ1) is 28.0. The fourth-order valence-corrected chi connectivity index (χ4v) is 8.90. The van der Waals surface area contributed by atoms with Gasteiger partial charge in [0, 0.05) is 30.9 Å². The van der Waals surface area contributed by atoms with Crippen LogP contribution in [0.3, 0.4) is 0 Å². The van der Waals surface area contributed by atoms with Crippen molar-refractivity contribution in [1.29, 1.82) is 0 Å². The van der Waals surface area contributed by atoms with Gasteiger partial charge in [-0.2, -0.15) is 32.5 Å². The van der Waals surface area contributed by atoms with Crippen molar-refractivity contribution in [2.75, 3.05) is 13.1 Å². The molecular formula is C30H28F4N6O2S. The van der Waals surface area contributed by atoms with Gasteiger partial charge in [0.2, 0.25) is 5.03 Å². The van der Waals surface area contributed by atoms with Crippen LogP contribution in [0, 0.1) is 30.0 Å². The highest BCUT2D eigenvalue weighted by molar-refractivity contribution is 7.89. The van der Waals surface area contributed by atoms with Crippen molar-refractivity contribution in [3.05, 3.63) is 89.5 Å². The molecule has 7 rings (SSSR count). The highest BCUT2D eigenvalue weighted by Gasteiger charge is 2.75. The quantitative estimate of drug-likeness (QED) is 0.288. The third kappa shape index (κ3) is 4.19. The predicted octanol–water partition coefficient (Wildman–Crippen LogP) is 5.24. The number of piperidine rings is 1. The maximum absolute atomic E-state index is 13.6. The zero-order chi connectivity index (χ0) is 30.5. The van der Waals surface area contributed by atoms with E-state index in [2.05, 4.69) is 15.3 Å². The monoisotopic (exact) mass is 612 g/mol.